The zero-order chi connectivity index (χ0) is 15.6. The molecule has 0 saturated heterocycles. The van der Waals surface area contributed by atoms with Crippen molar-refractivity contribution in [1.29, 1.82) is 0 Å². The van der Waals surface area contributed by atoms with Gasteiger partial charge in [0.05, 0.1) is 10.6 Å². The van der Waals surface area contributed by atoms with Crippen LogP contribution in [0.5, 0.6) is 0 Å². The lowest BCUT2D eigenvalue weighted by Gasteiger charge is -2.08. The Labute approximate surface area is 118 Å². The third-order valence-electron chi connectivity index (χ3n) is 2.77. The molecule has 21 heavy (non-hydrogen) atoms. The summed E-state index contributed by atoms with van der Waals surface area (Å²) in [5.74, 6) is -2.44. The van der Waals surface area contributed by atoms with E-state index in [1.807, 2.05) is 0 Å². The summed E-state index contributed by atoms with van der Waals surface area (Å²) in [4.78, 5) is 22.0. The largest absolute Gasteiger partial charge is 0.319 e. The summed E-state index contributed by atoms with van der Waals surface area (Å²) < 4.78 is 26.7. The fourth-order valence-electron chi connectivity index (χ4n) is 1.77. The van der Waals surface area contributed by atoms with Crippen molar-refractivity contribution in [3.8, 4) is 0 Å². The second kappa shape index (κ2) is 5.66. The number of hydrogen-bond acceptors (Lipinski definition) is 3. The molecule has 0 spiro atoms. The summed E-state index contributed by atoms with van der Waals surface area (Å²) in [7, 11) is 0. The van der Waals surface area contributed by atoms with Crippen LogP contribution in [0.4, 0.5) is 20.2 Å². The monoisotopic (exact) mass is 292 g/mol. The predicted octanol–water partition coefficient (Wildman–Crippen LogP) is 3.43. The fourth-order valence-corrected chi connectivity index (χ4v) is 1.77. The summed E-state index contributed by atoms with van der Waals surface area (Å²) in [5, 5.41) is 13.0. The van der Waals surface area contributed by atoms with E-state index in [9.17, 15) is 23.7 Å². The van der Waals surface area contributed by atoms with Crippen LogP contribution in [0, 0.1) is 28.7 Å². The van der Waals surface area contributed by atoms with Crippen LogP contribution in [0.2, 0.25) is 0 Å². The molecule has 0 atom stereocenters. The van der Waals surface area contributed by atoms with E-state index in [2.05, 4.69) is 5.32 Å². The van der Waals surface area contributed by atoms with Crippen molar-refractivity contribution in [2.45, 2.75) is 6.92 Å². The number of carbonyl (C=O) groups excluding carboxylic acids is 1. The highest BCUT2D eigenvalue weighted by molar-refractivity contribution is 6.07. The molecule has 0 saturated carbocycles. The van der Waals surface area contributed by atoms with Crippen LogP contribution >= 0.6 is 0 Å². The molecule has 0 aromatic heterocycles. The molecule has 0 unspecified atom stereocenters. The minimum Gasteiger partial charge on any atom is -0.319 e. The Kier molecular flexibility index (Phi) is 3.93. The van der Waals surface area contributed by atoms with Gasteiger partial charge in [-0.1, -0.05) is 6.07 Å². The van der Waals surface area contributed by atoms with Gasteiger partial charge in [-0.3, -0.25) is 14.9 Å². The molecule has 5 nitrogen and oxygen atoms in total. The van der Waals surface area contributed by atoms with Crippen molar-refractivity contribution in [2.75, 3.05) is 5.32 Å². The zero-order valence-corrected chi connectivity index (χ0v) is 10.9. The van der Waals surface area contributed by atoms with E-state index in [0.29, 0.717) is 5.56 Å². The van der Waals surface area contributed by atoms with Crippen molar-refractivity contribution in [1.82, 2.24) is 0 Å². The molecule has 7 heteroatoms. The number of benzene rings is 2. The van der Waals surface area contributed by atoms with E-state index in [1.165, 1.54) is 12.1 Å². The number of nitro benzene ring substituents is 1. The van der Waals surface area contributed by atoms with Gasteiger partial charge in [-0.25, -0.2) is 8.78 Å². The van der Waals surface area contributed by atoms with Gasteiger partial charge in [0.15, 0.2) is 0 Å². The van der Waals surface area contributed by atoms with Crippen molar-refractivity contribution >= 4 is 17.3 Å². The summed E-state index contributed by atoms with van der Waals surface area (Å²) in [6.07, 6.45) is 0. The van der Waals surface area contributed by atoms with Gasteiger partial charge in [-0.2, -0.15) is 0 Å². The van der Waals surface area contributed by atoms with Crippen LogP contribution in [0.15, 0.2) is 36.4 Å². The number of nitro groups is 1. The number of anilines is 1. The first-order valence-electron chi connectivity index (χ1n) is 5.90. The molecule has 0 aliphatic heterocycles. The quantitative estimate of drug-likeness (QED) is 0.695. The lowest BCUT2D eigenvalue weighted by atomic mass is 10.1. The van der Waals surface area contributed by atoms with Crippen LogP contribution in [-0.4, -0.2) is 10.8 Å². The average Bonchev–Trinajstić information content (AvgIpc) is 2.42. The van der Waals surface area contributed by atoms with Crippen molar-refractivity contribution in [3.63, 3.8) is 0 Å². The van der Waals surface area contributed by atoms with Gasteiger partial charge in [0, 0.05) is 6.07 Å². The second-order valence-electron chi connectivity index (χ2n) is 4.36. The van der Waals surface area contributed by atoms with E-state index in [4.69, 9.17) is 0 Å². The Bertz CT molecular complexity index is 732. The average molecular weight is 292 g/mol. The van der Waals surface area contributed by atoms with Crippen molar-refractivity contribution < 1.29 is 18.5 Å². The highest BCUT2D eigenvalue weighted by Gasteiger charge is 2.21. The first-order chi connectivity index (χ1) is 9.88. The third kappa shape index (κ3) is 3.19. The molecule has 2 rings (SSSR count). The molecule has 0 heterocycles. The van der Waals surface area contributed by atoms with E-state index < -0.39 is 33.7 Å². The molecule has 0 bridgehead atoms. The molecule has 2 aromatic carbocycles. The standard InChI is InChI=1S/C14H10F2N2O3/c1-8-2-4-11(16)12(6-8)17-14(19)10-7-9(15)3-5-13(10)18(20)21/h2-7H,1H3,(H,17,19). The van der Waals surface area contributed by atoms with Gasteiger partial charge in [-0.05, 0) is 36.8 Å². The summed E-state index contributed by atoms with van der Waals surface area (Å²) in [5.41, 5.74) is -0.457. The first-order valence-corrected chi connectivity index (χ1v) is 5.90. The number of halogens is 2. The van der Waals surface area contributed by atoms with Crippen molar-refractivity contribution in [2.24, 2.45) is 0 Å². The van der Waals surface area contributed by atoms with E-state index in [1.54, 1.807) is 6.92 Å². The highest BCUT2D eigenvalue weighted by Crippen LogP contribution is 2.22. The Morgan fingerprint density at radius 2 is 1.90 bits per heavy atom. The third-order valence-corrected chi connectivity index (χ3v) is 2.77. The maximum atomic E-state index is 13.6. The molecule has 108 valence electrons. The number of amides is 1. The molecule has 0 aliphatic carbocycles. The van der Waals surface area contributed by atoms with Crippen LogP contribution in [0.3, 0.4) is 0 Å². The SMILES string of the molecule is Cc1ccc(F)c(NC(=O)c2cc(F)ccc2[N+](=O)[O-])c1. The van der Waals surface area contributed by atoms with E-state index >= 15 is 0 Å². The number of nitrogens with zero attached hydrogens (tertiary/aromatic N) is 1. The Hall–Kier alpha value is -2.83. The number of carbonyl (C=O) groups is 1. The van der Waals surface area contributed by atoms with E-state index in [-0.39, 0.29) is 5.69 Å². The number of aryl methyl sites for hydroxylation is 1. The summed E-state index contributed by atoms with van der Waals surface area (Å²) >= 11 is 0. The molecule has 0 radical (unpaired) electrons. The molecule has 0 fully saturated rings. The van der Waals surface area contributed by atoms with Crippen molar-refractivity contribution in [3.05, 3.63) is 69.3 Å². The topological polar surface area (TPSA) is 72.2 Å². The molecular formula is C14H10F2N2O3. The molecular weight excluding hydrogens is 282 g/mol. The fraction of sp³-hybridized carbons (Fsp3) is 0.0714. The minimum absolute atomic E-state index is 0.126. The molecule has 0 aliphatic rings. The van der Waals surface area contributed by atoms with Gasteiger partial charge >= 0.3 is 0 Å². The highest BCUT2D eigenvalue weighted by atomic mass is 19.1. The Morgan fingerprint density at radius 1 is 1.19 bits per heavy atom. The summed E-state index contributed by atoms with van der Waals surface area (Å²) in [6, 6.07) is 6.54. The lowest BCUT2D eigenvalue weighted by Crippen LogP contribution is -2.15. The molecule has 1 amide bonds. The summed E-state index contributed by atoms with van der Waals surface area (Å²) in [6.45, 7) is 1.69. The number of hydrogen-bond donors (Lipinski definition) is 1. The Morgan fingerprint density at radius 3 is 2.57 bits per heavy atom. The second-order valence-corrected chi connectivity index (χ2v) is 4.36. The van der Waals surface area contributed by atoms with Gasteiger partial charge in [0.25, 0.3) is 11.6 Å². The predicted molar refractivity (Wildman–Crippen MR) is 72.1 cm³/mol. The Balaban J connectivity index is 2.39. The lowest BCUT2D eigenvalue weighted by molar-refractivity contribution is -0.385. The first kappa shape index (κ1) is 14.6. The van der Waals surface area contributed by atoms with Gasteiger partial charge in [-0.15, -0.1) is 0 Å². The zero-order valence-electron chi connectivity index (χ0n) is 10.9. The minimum atomic E-state index is -0.953. The van der Waals surface area contributed by atoms with Crippen LogP contribution < -0.4 is 5.32 Å². The van der Waals surface area contributed by atoms with Crippen LogP contribution in [0.1, 0.15) is 15.9 Å². The number of rotatable bonds is 3. The van der Waals surface area contributed by atoms with Gasteiger partial charge < -0.3 is 5.32 Å². The molecule has 2 aromatic rings. The molecule has 1 N–H and O–H groups in total. The van der Waals surface area contributed by atoms with Gasteiger partial charge in [0.1, 0.15) is 17.2 Å². The van der Waals surface area contributed by atoms with Crippen LogP contribution in [0.25, 0.3) is 0 Å². The van der Waals surface area contributed by atoms with E-state index in [0.717, 1.165) is 24.3 Å². The maximum Gasteiger partial charge on any atom is 0.282 e. The van der Waals surface area contributed by atoms with Crippen LogP contribution in [-0.2, 0) is 0 Å². The normalized spacial score (nSPS) is 10.2. The smallest absolute Gasteiger partial charge is 0.282 e. The maximum absolute atomic E-state index is 13.6. The number of nitrogens with one attached hydrogen (secondary N) is 1. The van der Waals surface area contributed by atoms with Gasteiger partial charge in [0.2, 0.25) is 0 Å².